The fourth-order valence-electron chi connectivity index (χ4n) is 4.76. The number of likely N-dealkylation sites (tertiary alicyclic amines) is 1. The van der Waals surface area contributed by atoms with Gasteiger partial charge in [-0.3, -0.25) is 4.90 Å². The molecule has 1 saturated heterocycles. The third-order valence-corrected chi connectivity index (χ3v) is 6.67. The van der Waals surface area contributed by atoms with E-state index >= 15 is 0 Å². The molecule has 2 aliphatic rings. The lowest BCUT2D eigenvalue weighted by molar-refractivity contribution is 0.142. The lowest BCUT2D eigenvalue weighted by Crippen LogP contribution is -2.44. The van der Waals surface area contributed by atoms with Crippen molar-refractivity contribution in [3.63, 3.8) is 0 Å². The minimum absolute atomic E-state index is 0.0980. The molecule has 2 aromatic rings. The summed E-state index contributed by atoms with van der Waals surface area (Å²) in [6.45, 7) is 4.87. The van der Waals surface area contributed by atoms with Gasteiger partial charge in [-0.25, -0.2) is 4.79 Å². The Morgan fingerprint density at radius 1 is 1.00 bits per heavy atom. The molecule has 184 valence electrons. The van der Waals surface area contributed by atoms with Gasteiger partial charge in [0.1, 0.15) is 5.75 Å². The number of urea groups is 1. The summed E-state index contributed by atoms with van der Waals surface area (Å²) in [6.07, 6.45) is 2.94. The normalized spacial score (nSPS) is 16.1. The summed E-state index contributed by atoms with van der Waals surface area (Å²) in [7, 11) is 4.78. The van der Waals surface area contributed by atoms with Gasteiger partial charge in [-0.2, -0.15) is 0 Å². The van der Waals surface area contributed by atoms with E-state index in [0.717, 1.165) is 56.1 Å². The number of ether oxygens (including phenoxy) is 4. The zero-order chi connectivity index (χ0) is 23.9. The maximum Gasteiger partial charge on any atom is 0.321 e. The number of hydrogen-bond donors (Lipinski definition) is 1. The lowest BCUT2D eigenvalue weighted by atomic mass is 9.98. The second-order valence-electron chi connectivity index (χ2n) is 8.69. The number of carbonyl (C=O) groups is 1. The highest BCUT2D eigenvalue weighted by Crippen LogP contribution is 2.47. The van der Waals surface area contributed by atoms with Crippen LogP contribution in [0.1, 0.15) is 18.4 Å². The van der Waals surface area contributed by atoms with Gasteiger partial charge in [-0.05, 0) is 50.4 Å². The molecule has 2 heterocycles. The van der Waals surface area contributed by atoms with E-state index in [4.69, 9.17) is 18.9 Å². The highest BCUT2D eigenvalue weighted by molar-refractivity contribution is 5.95. The molecular formula is C26H35N3O5. The number of nitrogens with one attached hydrogen (secondary N) is 1. The third-order valence-electron chi connectivity index (χ3n) is 6.67. The Labute approximate surface area is 201 Å². The molecule has 2 aromatic carbocycles. The van der Waals surface area contributed by atoms with Gasteiger partial charge in [-0.1, -0.05) is 18.2 Å². The number of benzene rings is 2. The molecule has 0 unspecified atom stereocenters. The predicted molar refractivity (Wildman–Crippen MR) is 132 cm³/mol. The van der Waals surface area contributed by atoms with Crippen LogP contribution in [0.5, 0.6) is 23.0 Å². The first-order chi connectivity index (χ1) is 16.6. The Morgan fingerprint density at radius 3 is 2.41 bits per heavy atom. The molecule has 0 aliphatic carbocycles. The number of piperidine rings is 1. The van der Waals surface area contributed by atoms with Crippen LogP contribution in [0.3, 0.4) is 0 Å². The molecule has 4 rings (SSSR count). The number of rotatable bonds is 9. The first-order valence-corrected chi connectivity index (χ1v) is 11.9. The van der Waals surface area contributed by atoms with Crippen LogP contribution in [-0.2, 0) is 6.42 Å². The molecule has 0 atom stereocenters. The summed E-state index contributed by atoms with van der Waals surface area (Å²) in [4.78, 5) is 17.1. The molecule has 2 amide bonds. The number of fused-ring (bicyclic) bond motifs is 1. The number of hydrogen-bond acceptors (Lipinski definition) is 6. The van der Waals surface area contributed by atoms with E-state index in [9.17, 15) is 4.79 Å². The van der Waals surface area contributed by atoms with Crippen molar-refractivity contribution in [1.29, 1.82) is 0 Å². The number of anilines is 1. The topological polar surface area (TPSA) is 72.5 Å². The average molecular weight is 470 g/mol. The van der Waals surface area contributed by atoms with E-state index in [-0.39, 0.29) is 6.03 Å². The maximum absolute atomic E-state index is 12.9. The summed E-state index contributed by atoms with van der Waals surface area (Å²) in [6, 6.07) is 11.7. The van der Waals surface area contributed by atoms with Crippen molar-refractivity contribution < 1.29 is 23.7 Å². The van der Waals surface area contributed by atoms with E-state index in [1.54, 1.807) is 26.2 Å². The smallest absolute Gasteiger partial charge is 0.321 e. The standard InChI is InChI=1S/C26H35N3O5/c1-31-23-17-22-21(24(32-2)25(23)33-3)11-15-29(22)26(30)27-12-16-28-13-9-19(10-14-28)18-34-20-7-5-4-6-8-20/h4-8,17,19H,9-16,18H2,1-3H3,(H,27,30). The van der Waals surface area contributed by atoms with Crippen LogP contribution >= 0.6 is 0 Å². The second kappa shape index (κ2) is 11.3. The molecule has 1 fully saturated rings. The number of methoxy groups -OCH3 is 3. The van der Waals surface area contributed by atoms with Crippen molar-refractivity contribution in [3.05, 3.63) is 42.0 Å². The van der Waals surface area contributed by atoms with Gasteiger partial charge >= 0.3 is 6.03 Å². The second-order valence-corrected chi connectivity index (χ2v) is 8.69. The van der Waals surface area contributed by atoms with Crippen LogP contribution in [0.25, 0.3) is 0 Å². The van der Waals surface area contributed by atoms with Gasteiger partial charge in [0, 0.05) is 31.3 Å². The van der Waals surface area contributed by atoms with Crippen LogP contribution in [-0.4, -0.2) is 71.6 Å². The zero-order valence-electron chi connectivity index (χ0n) is 20.3. The summed E-state index contributed by atoms with van der Waals surface area (Å²) < 4.78 is 22.4. The fraction of sp³-hybridized carbons (Fsp3) is 0.500. The summed E-state index contributed by atoms with van der Waals surface area (Å²) in [5.74, 6) is 3.26. The van der Waals surface area contributed by atoms with Crippen LogP contribution < -0.4 is 29.2 Å². The van der Waals surface area contributed by atoms with Gasteiger partial charge in [0.05, 0.1) is 33.6 Å². The van der Waals surface area contributed by atoms with E-state index in [1.165, 1.54) is 0 Å². The van der Waals surface area contributed by atoms with E-state index in [2.05, 4.69) is 10.2 Å². The van der Waals surface area contributed by atoms with Crippen LogP contribution in [0, 0.1) is 5.92 Å². The molecule has 2 aliphatic heterocycles. The largest absolute Gasteiger partial charge is 0.493 e. The fourth-order valence-corrected chi connectivity index (χ4v) is 4.76. The monoisotopic (exact) mass is 469 g/mol. The molecular weight excluding hydrogens is 434 g/mol. The van der Waals surface area contributed by atoms with Gasteiger partial charge in [0.15, 0.2) is 11.5 Å². The van der Waals surface area contributed by atoms with Crippen molar-refractivity contribution in [1.82, 2.24) is 10.2 Å². The van der Waals surface area contributed by atoms with E-state index in [1.807, 2.05) is 36.4 Å². The Morgan fingerprint density at radius 2 is 1.74 bits per heavy atom. The van der Waals surface area contributed by atoms with Gasteiger partial charge < -0.3 is 29.2 Å². The van der Waals surface area contributed by atoms with E-state index in [0.29, 0.717) is 42.7 Å². The van der Waals surface area contributed by atoms with E-state index < -0.39 is 0 Å². The molecule has 0 radical (unpaired) electrons. The minimum Gasteiger partial charge on any atom is -0.493 e. The Kier molecular flexibility index (Phi) is 8.00. The van der Waals surface area contributed by atoms with Crippen LogP contribution in [0.2, 0.25) is 0 Å². The van der Waals surface area contributed by atoms with Crippen LogP contribution in [0.15, 0.2) is 36.4 Å². The third kappa shape index (κ3) is 5.33. The molecule has 0 aromatic heterocycles. The quantitative estimate of drug-likeness (QED) is 0.605. The number of para-hydroxylation sites is 1. The zero-order valence-corrected chi connectivity index (χ0v) is 20.3. The van der Waals surface area contributed by atoms with Crippen molar-refractivity contribution >= 4 is 11.7 Å². The van der Waals surface area contributed by atoms with Gasteiger partial charge in [-0.15, -0.1) is 0 Å². The Hall–Kier alpha value is -3.13. The molecule has 0 bridgehead atoms. The summed E-state index contributed by atoms with van der Waals surface area (Å²) >= 11 is 0. The first-order valence-electron chi connectivity index (χ1n) is 11.9. The molecule has 0 spiro atoms. The molecule has 1 N–H and O–H groups in total. The number of amides is 2. The Bertz CT molecular complexity index is 961. The lowest BCUT2D eigenvalue weighted by Gasteiger charge is -2.32. The average Bonchev–Trinajstić information content (AvgIpc) is 3.31. The predicted octanol–water partition coefficient (Wildman–Crippen LogP) is 3.58. The highest BCUT2D eigenvalue weighted by Gasteiger charge is 2.31. The summed E-state index contributed by atoms with van der Waals surface area (Å²) in [5, 5.41) is 3.08. The Balaban J connectivity index is 1.24. The molecule has 34 heavy (non-hydrogen) atoms. The van der Waals surface area contributed by atoms with Crippen molar-refractivity contribution in [2.75, 3.05) is 65.6 Å². The minimum atomic E-state index is -0.0980. The van der Waals surface area contributed by atoms with Crippen molar-refractivity contribution in [3.8, 4) is 23.0 Å². The van der Waals surface area contributed by atoms with Crippen molar-refractivity contribution in [2.45, 2.75) is 19.3 Å². The van der Waals surface area contributed by atoms with Crippen molar-refractivity contribution in [2.24, 2.45) is 5.92 Å². The number of nitrogens with zero attached hydrogens (tertiary/aromatic N) is 2. The number of carbonyl (C=O) groups excluding carboxylic acids is 1. The molecule has 0 saturated carbocycles. The SMILES string of the molecule is COc1cc2c(c(OC)c1OC)CCN2C(=O)NCCN1CCC(COc2ccccc2)CC1. The first kappa shape index (κ1) is 24.0. The molecule has 8 nitrogen and oxygen atoms in total. The molecule has 8 heteroatoms. The van der Waals surface area contributed by atoms with Crippen LogP contribution in [0.4, 0.5) is 10.5 Å². The summed E-state index contributed by atoms with van der Waals surface area (Å²) in [5.41, 5.74) is 1.78. The highest BCUT2D eigenvalue weighted by atomic mass is 16.5. The van der Waals surface area contributed by atoms with Gasteiger partial charge in [0.2, 0.25) is 5.75 Å². The van der Waals surface area contributed by atoms with Gasteiger partial charge in [0.25, 0.3) is 0 Å². The maximum atomic E-state index is 12.9.